The summed E-state index contributed by atoms with van der Waals surface area (Å²) in [6.07, 6.45) is 3.03. The van der Waals surface area contributed by atoms with Gasteiger partial charge in [-0.1, -0.05) is 0 Å². The summed E-state index contributed by atoms with van der Waals surface area (Å²) in [4.78, 5) is 18.3. The van der Waals surface area contributed by atoms with Crippen LogP contribution in [0.3, 0.4) is 0 Å². The summed E-state index contributed by atoms with van der Waals surface area (Å²) >= 11 is 0. The Morgan fingerprint density at radius 2 is 2.09 bits per heavy atom. The van der Waals surface area contributed by atoms with E-state index < -0.39 is 9.84 Å². The number of rotatable bonds is 3. The fourth-order valence-corrected chi connectivity index (χ4v) is 3.80. The zero-order chi connectivity index (χ0) is 17.0. The Morgan fingerprint density at radius 3 is 2.70 bits per heavy atom. The van der Waals surface area contributed by atoms with Gasteiger partial charge in [0.1, 0.15) is 9.84 Å². The molecule has 1 aliphatic rings. The van der Waals surface area contributed by atoms with Crippen LogP contribution in [0.25, 0.3) is 0 Å². The third kappa shape index (κ3) is 4.57. The highest BCUT2D eigenvalue weighted by atomic mass is 32.2. The Hall–Kier alpha value is -1.83. The molecule has 0 radical (unpaired) electrons. The highest BCUT2D eigenvalue weighted by molar-refractivity contribution is 7.91. The number of likely N-dealkylation sites (tertiary alicyclic amines) is 1. The number of sulfone groups is 1. The second-order valence-corrected chi connectivity index (χ2v) is 8.11. The largest absolute Gasteiger partial charge is 0.481 e. The van der Waals surface area contributed by atoms with Crippen molar-refractivity contribution in [3.63, 3.8) is 0 Å². The number of anilines is 1. The van der Waals surface area contributed by atoms with Gasteiger partial charge in [0.05, 0.1) is 23.7 Å². The van der Waals surface area contributed by atoms with Crippen molar-refractivity contribution in [3.8, 4) is 5.88 Å². The first-order valence-corrected chi connectivity index (χ1v) is 9.53. The van der Waals surface area contributed by atoms with Crippen LogP contribution in [0.4, 0.5) is 10.5 Å². The first kappa shape index (κ1) is 17.5. The van der Waals surface area contributed by atoms with Gasteiger partial charge in [-0.15, -0.1) is 0 Å². The molecule has 2 rings (SSSR count). The van der Waals surface area contributed by atoms with Crippen LogP contribution in [-0.4, -0.2) is 56.0 Å². The van der Waals surface area contributed by atoms with Crippen LogP contribution in [0.5, 0.6) is 5.88 Å². The monoisotopic (exact) mass is 341 g/mol. The molecule has 1 saturated heterocycles. The van der Waals surface area contributed by atoms with Gasteiger partial charge in [0, 0.05) is 25.4 Å². The van der Waals surface area contributed by atoms with Crippen molar-refractivity contribution in [1.29, 1.82) is 0 Å². The molecule has 0 spiro atoms. The van der Waals surface area contributed by atoms with Gasteiger partial charge in [0.2, 0.25) is 5.88 Å². The van der Waals surface area contributed by atoms with E-state index in [9.17, 15) is 13.2 Å². The molecule has 0 aliphatic carbocycles. The van der Waals surface area contributed by atoms with E-state index in [1.807, 2.05) is 0 Å². The van der Waals surface area contributed by atoms with Gasteiger partial charge >= 0.3 is 6.03 Å². The second kappa shape index (κ2) is 7.16. The summed E-state index contributed by atoms with van der Waals surface area (Å²) in [6, 6.07) is 3.20. The number of aromatic nitrogens is 1. The highest BCUT2D eigenvalue weighted by Gasteiger charge is 2.26. The predicted molar refractivity (Wildman–Crippen MR) is 88.6 cm³/mol. The predicted octanol–water partition coefficient (Wildman–Crippen LogP) is 1.83. The lowest BCUT2D eigenvalue weighted by Crippen LogP contribution is -2.36. The number of hydrogen-bond donors (Lipinski definition) is 1. The van der Waals surface area contributed by atoms with E-state index in [0.717, 1.165) is 0 Å². The summed E-state index contributed by atoms with van der Waals surface area (Å²) in [6.45, 7) is 2.78. The average molecular weight is 341 g/mol. The molecule has 1 unspecified atom stereocenters. The minimum absolute atomic E-state index is 0.228. The van der Waals surface area contributed by atoms with Crippen LogP contribution in [-0.2, 0) is 9.84 Å². The van der Waals surface area contributed by atoms with E-state index in [1.165, 1.54) is 13.4 Å². The first-order valence-electron chi connectivity index (χ1n) is 7.57. The molecule has 1 aromatic rings. The third-order valence-electron chi connectivity index (χ3n) is 4.08. The lowest BCUT2D eigenvalue weighted by molar-refractivity contribution is 0.213. The van der Waals surface area contributed by atoms with Crippen molar-refractivity contribution in [2.45, 2.75) is 31.4 Å². The molecule has 23 heavy (non-hydrogen) atoms. The lowest BCUT2D eigenvalue weighted by Gasteiger charge is -2.21. The van der Waals surface area contributed by atoms with Crippen LogP contribution in [0.1, 0.15) is 25.0 Å². The topological polar surface area (TPSA) is 88.6 Å². The molecule has 1 aromatic heterocycles. The van der Waals surface area contributed by atoms with Crippen LogP contribution < -0.4 is 10.1 Å². The third-order valence-corrected chi connectivity index (χ3v) is 5.76. The second-order valence-electron chi connectivity index (χ2n) is 5.79. The van der Waals surface area contributed by atoms with Crippen LogP contribution in [0.2, 0.25) is 0 Å². The molecule has 1 atom stereocenters. The molecule has 128 valence electrons. The molecule has 8 heteroatoms. The number of carbonyl (C=O) groups excluding carboxylic acids is 1. The molecule has 0 saturated carbocycles. The summed E-state index contributed by atoms with van der Waals surface area (Å²) < 4.78 is 28.4. The smallest absolute Gasteiger partial charge is 0.321 e. The van der Waals surface area contributed by atoms with E-state index in [4.69, 9.17) is 4.74 Å². The Balaban J connectivity index is 2.01. The standard InChI is InChI=1S/C15H23N3O4S/c1-11-13(6-7-14(16-11)22-2)17-15(19)18-9-4-5-12(8-10-18)23(3,20)21/h6-7,12H,4-5,8-10H2,1-3H3,(H,17,19). The summed E-state index contributed by atoms with van der Waals surface area (Å²) in [7, 11) is -1.52. The van der Waals surface area contributed by atoms with Crippen LogP contribution in [0.15, 0.2) is 12.1 Å². The van der Waals surface area contributed by atoms with Crippen molar-refractivity contribution in [2.75, 3.05) is 31.8 Å². The number of ether oxygens (including phenoxy) is 1. The SMILES string of the molecule is COc1ccc(NC(=O)N2CCCC(S(C)(=O)=O)CC2)c(C)n1. The molecule has 2 heterocycles. The van der Waals surface area contributed by atoms with Gasteiger partial charge < -0.3 is 15.0 Å². The zero-order valence-corrected chi connectivity index (χ0v) is 14.5. The van der Waals surface area contributed by atoms with Gasteiger partial charge in [0.15, 0.2) is 0 Å². The van der Waals surface area contributed by atoms with Crippen LogP contribution >= 0.6 is 0 Å². The number of carbonyl (C=O) groups is 1. The van der Waals surface area contributed by atoms with E-state index in [1.54, 1.807) is 24.0 Å². The Morgan fingerprint density at radius 1 is 1.35 bits per heavy atom. The Bertz CT molecular complexity index is 675. The van der Waals surface area contributed by atoms with Gasteiger partial charge in [-0.2, -0.15) is 0 Å². The van der Waals surface area contributed by atoms with E-state index in [-0.39, 0.29) is 11.3 Å². The number of amides is 2. The summed E-state index contributed by atoms with van der Waals surface area (Å²) in [5, 5.41) is 2.48. The number of methoxy groups -OCH3 is 1. The normalized spacial score (nSPS) is 19.1. The lowest BCUT2D eigenvalue weighted by atomic mass is 10.2. The van der Waals surface area contributed by atoms with Gasteiger partial charge in [-0.05, 0) is 32.3 Å². The molecule has 7 nitrogen and oxygen atoms in total. The fraction of sp³-hybridized carbons (Fsp3) is 0.600. The number of nitrogens with zero attached hydrogens (tertiary/aromatic N) is 2. The maximum absolute atomic E-state index is 12.4. The summed E-state index contributed by atoms with van der Waals surface area (Å²) in [5.74, 6) is 0.492. The number of pyridine rings is 1. The molecular weight excluding hydrogens is 318 g/mol. The number of nitrogens with one attached hydrogen (secondary N) is 1. The van der Waals surface area contributed by atoms with Crippen molar-refractivity contribution >= 4 is 21.6 Å². The molecule has 1 fully saturated rings. The Kier molecular flexibility index (Phi) is 5.46. The number of urea groups is 1. The molecular formula is C15H23N3O4S. The molecule has 2 amide bonds. The minimum Gasteiger partial charge on any atom is -0.481 e. The van der Waals surface area contributed by atoms with E-state index in [0.29, 0.717) is 49.6 Å². The van der Waals surface area contributed by atoms with Crippen molar-refractivity contribution in [2.24, 2.45) is 0 Å². The number of hydrogen-bond acceptors (Lipinski definition) is 5. The van der Waals surface area contributed by atoms with Crippen LogP contribution in [0, 0.1) is 6.92 Å². The average Bonchev–Trinajstić information content (AvgIpc) is 2.75. The Labute approximate surface area is 137 Å². The van der Waals surface area contributed by atoms with Gasteiger partial charge in [-0.3, -0.25) is 0 Å². The zero-order valence-electron chi connectivity index (χ0n) is 13.7. The van der Waals surface area contributed by atoms with Crippen molar-refractivity contribution in [1.82, 2.24) is 9.88 Å². The van der Waals surface area contributed by atoms with Crippen molar-refractivity contribution < 1.29 is 17.9 Å². The van der Waals surface area contributed by atoms with Gasteiger partial charge in [-0.25, -0.2) is 18.2 Å². The fourth-order valence-electron chi connectivity index (χ4n) is 2.68. The molecule has 0 aromatic carbocycles. The van der Waals surface area contributed by atoms with Crippen molar-refractivity contribution in [3.05, 3.63) is 17.8 Å². The van der Waals surface area contributed by atoms with E-state index in [2.05, 4.69) is 10.3 Å². The molecule has 1 N–H and O–H groups in total. The minimum atomic E-state index is -3.05. The maximum atomic E-state index is 12.4. The first-order chi connectivity index (χ1) is 10.8. The summed E-state index contributed by atoms with van der Waals surface area (Å²) in [5.41, 5.74) is 1.29. The molecule has 0 bridgehead atoms. The molecule has 1 aliphatic heterocycles. The van der Waals surface area contributed by atoms with Gasteiger partial charge in [0.25, 0.3) is 0 Å². The highest BCUT2D eigenvalue weighted by Crippen LogP contribution is 2.20. The maximum Gasteiger partial charge on any atom is 0.321 e. The quantitative estimate of drug-likeness (QED) is 0.906. The van der Waals surface area contributed by atoms with E-state index >= 15 is 0 Å². The number of aryl methyl sites for hydroxylation is 1.